The molecule has 3 amide bonds. The highest BCUT2D eigenvalue weighted by Crippen LogP contribution is 2.10. The highest BCUT2D eigenvalue weighted by molar-refractivity contribution is 6.28. The van der Waals surface area contributed by atoms with Gasteiger partial charge in [-0.25, -0.2) is 9.18 Å². The lowest BCUT2D eigenvalue weighted by atomic mass is 10.1. The Morgan fingerprint density at radius 3 is 2.72 bits per heavy atom. The zero-order valence-electron chi connectivity index (χ0n) is 9.93. The van der Waals surface area contributed by atoms with Gasteiger partial charge in [0.05, 0.1) is 0 Å². The van der Waals surface area contributed by atoms with Gasteiger partial charge in [-0.3, -0.25) is 10.1 Å². The fourth-order valence-corrected chi connectivity index (χ4v) is 1.52. The lowest BCUT2D eigenvalue weighted by molar-refractivity contribution is -0.117. The molecular weight excluding hydrogens is 259 g/mol. The zero-order valence-corrected chi connectivity index (χ0v) is 10.7. The normalized spacial score (nSPS) is 9.94. The van der Waals surface area contributed by atoms with Crippen LogP contribution in [0.25, 0.3) is 0 Å². The molecule has 0 saturated carbocycles. The number of carbonyl (C=O) groups excluding carboxylic acids is 2. The average molecular weight is 273 g/mol. The van der Waals surface area contributed by atoms with Crippen molar-refractivity contribution in [3.8, 4) is 0 Å². The maximum Gasteiger partial charge on any atom is 0.321 e. The Bertz CT molecular complexity index is 452. The van der Waals surface area contributed by atoms with Gasteiger partial charge in [-0.2, -0.15) is 0 Å². The van der Waals surface area contributed by atoms with Gasteiger partial charge in [-0.15, -0.1) is 11.6 Å². The number of imide groups is 1. The minimum Gasteiger partial charge on any atom is -0.337 e. The lowest BCUT2D eigenvalue weighted by Crippen LogP contribution is -2.40. The standard InChI is InChI=1S/C12H14ClFN2O2/c1-8-6-10(14)3-2-9(8)4-5-15-12(18)16-11(17)7-13/h2-3,6H,4-5,7H2,1H3,(H2,15,16,17,18). The maximum absolute atomic E-state index is 12.9. The van der Waals surface area contributed by atoms with Crippen molar-refractivity contribution in [1.82, 2.24) is 10.6 Å². The number of nitrogens with one attached hydrogen (secondary N) is 2. The van der Waals surface area contributed by atoms with E-state index in [9.17, 15) is 14.0 Å². The first kappa shape index (κ1) is 14.4. The summed E-state index contributed by atoms with van der Waals surface area (Å²) in [5, 5.41) is 4.57. The van der Waals surface area contributed by atoms with E-state index >= 15 is 0 Å². The first-order chi connectivity index (χ1) is 8.52. The number of aryl methyl sites for hydroxylation is 1. The smallest absolute Gasteiger partial charge is 0.321 e. The lowest BCUT2D eigenvalue weighted by Gasteiger charge is -2.07. The highest BCUT2D eigenvalue weighted by atomic mass is 35.5. The van der Waals surface area contributed by atoms with Crippen molar-refractivity contribution >= 4 is 23.5 Å². The van der Waals surface area contributed by atoms with E-state index in [0.29, 0.717) is 13.0 Å². The molecule has 0 heterocycles. The second kappa shape index (κ2) is 6.96. The number of halogens is 2. The van der Waals surface area contributed by atoms with Crippen molar-refractivity contribution in [2.24, 2.45) is 0 Å². The third-order valence-electron chi connectivity index (χ3n) is 2.36. The van der Waals surface area contributed by atoms with E-state index < -0.39 is 11.9 Å². The molecule has 0 aliphatic heterocycles. The summed E-state index contributed by atoms with van der Waals surface area (Å²) in [6, 6.07) is 3.90. The van der Waals surface area contributed by atoms with Crippen molar-refractivity contribution < 1.29 is 14.0 Å². The van der Waals surface area contributed by atoms with Crippen LogP contribution in [0.15, 0.2) is 18.2 Å². The number of rotatable bonds is 4. The molecule has 0 atom stereocenters. The van der Waals surface area contributed by atoms with E-state index in [1.54, 1.807) is 13.0 Å². The quantitative estimate of drug-likeness (QED) is 0.821. The molecule has 6 heteroatoms. The number of carbonyl (C=O) groups is 2. The van der Waals surface area contributed by atoms with E-state index in [0.717, 1.165) is 11.1 Å². The molecule has 1 aromatic rings. The highest BCUT2D eigenvalue weighted by Gasteiger charge is 2.05. The second-order valence-corrected chi connectivity index (χ2v) is 4.03. The van der Waals surface area contributed by atoms with Crippen molar-refractivity contribution in [2.45, 2.75) is 13.3 Å². The van der Waals surface area contributed by atoms with Crippen LogP contribution in [0.5, 0.6) is 0 Å². The van der Waals surface area contributed by atoms with Crippen molar-refractivity contribution in [3.63, 3.8) is 0 Å². The molecule has 1 aromatic carbocycles. The summed E-state index contributed by atoms with van der Waals surface area (Å²) in [7, 11) is 0. The SMILES string of the molecule is Cc1cc(F)ccc1CCNC(=O)NC(=O)CCl. The molecule has 4 nitrogen and oxygen atoms in total. The van der Waals surface area contributed by atoms with E-state index in [1.807, 2.05) is 0 Å². The number of hydrogen-bond acceptors (Lipinski definition) is 2. The van der Waals surface area contributed by atoms with Gasteiger partial charge in [0.2, 0.25) is 5.91 Å². The van der Waals surface area contributed by atoms with Crippen LogP contribution in [0.2, 0.25) is 0 Å². The molecule has 1 rings (SSSR count). The molecule has 0 aliphatic rings. The van der Waals surface area contributed by atoms with Gasteiger partial charge >= 0.3 is 6.03 Å². The van der Waals surface area contributed by atoms with Crippen LogP contribution in [-0.4, -0.2) is 24.4 Å². The second-order valence-electron chi connectivity index (χ2n) is 3.76. The summed E-state index contributed by atoms with van der Waals surface area (Å²) in [4.78, 5) is 22.0. The summed E-state index contributed by atoms with van der Waals surface area (Å²) in [6.07, 6.45) is 0.564. The molecular formula is C12H14ClFN2O2. The van der Waals surface area contributed by atoms with Gasteiger partial charge in [0.25, 0.3) is 0 Å². The number of hydrogen-bond donors (Lipinski definition) is 2. The van der Waals surface area contributed by atoms with Gasteiger partial charge in [0, 0.05) is 6.54 Å². The van der Waals surface area contributed by atoms with Crippen LogP contribution in [-0.2, 0) is 11.2 Å². The van der Waals surface area contributed by atoms with Gasteiger partial charge in [-0.05, 0) is 36.6 Å². The largest absolute Gasteiger partial charge is 0.337 e. The van der Waals surface area contributed by atoms with Crippen LogP contribution in [0.4, 0.5) is 9.18 Å². The third kappa shape index (κ3) is 4.71. The molecule has 0 aromatic heterocycles. The first-order valence-corrected chi connectivity index (χ1v) is 5.95. The Morgan fingerprint density at radius 2 is 2.11 bits per heavy atom. The molecule has 18 heavy (non-hydrogen) atoms. The van der Waals surface area contributed by atoms with Gasteiger partial charge in [0.1, 0.15) is 11.7 Å². The fraction of sp³-hybridized carbons (Fsp3) is 0.333. The molecule has 0 spiro atoms. The number of urea groups is 1. The maximum atomic E-state index is 12.9. The molecule has 0 fully saturated rings. The Hall–Kier alpha value is -1.62. The summed E-state index contributed by atoms with van der Waals surface area (Å²) < 4.78 is 12.9. The van der Waals surface area contributed by atoms with Crippen LogP contribution in [0.1, 0.15) is 11.1 Å². The first-order valence-electron chi connectivity index (χ1n) is 5.41. The third-order valence-corrected chi connectivity index (χ3v) is 2.60. The van der Waals surface area contributed by atoms with Crippen LogP contribution in [0.3, 0.4) is 0 Å². The number of amides is 3. The average Bonchev–Trinajstić information content (AvgIpc) is 2.31. The van der Waals surface area contributed by atoms with Crippen LogP contribution >= 0.6 is 11.6 Å². The summed E-state index contributed by atoms with van der Waals surface area (Å²) in [5.74, 6) is -1.09. The molecule has 98 valence electrons. The fourth-order valence-electron chi connectivity index (χ4n) is 1.45. The summed E-state index contributed by atoms with van der Waals surface area (Å²) >= 11 is 5.23. The van der Waals surface area contributed by atoms with Gasteiger partial charge in [0.15, 0.2) is 0 Å². The Labute approximate surface area is 110 Å². The van der Waals surface area contributed by atoms with E-state index in [2.05, 4.69) is 10.6 Å². The molecule has 0 bridgehead atoms. The topological polar surface area (TPSA) is 58.2 Å². The van der Waals surface area contributed by atoms with E-state index in [-0.39, 0.29) is 11.7 Å². The number of benzene rings is 1. The molecule has 0 radical (unpaired) electrons. The summed E-state index contributed by atoms with van der Waals surface area (Å²) in [6.45, 7) is 2.16. The van der Waals surface area contributed by atoms with Crippen LogP contribution in [0, 0.1) is 12.7 Å². The van der Waals surface area contributed by atoms with E-state index in [4.69, 9.17) is 11.6 Å². The van der Waals surface area contributed by atoms with Crippen molar-refractivity contribution in [3.05, 3.63) is 35.1 Å². The van der Waals surface area contributed by atoms with Gasteiger partial charge in [-0.1, -0.05) is 6.07 Å². The Kier molecular flexibility index (Phi) is 5.58. The number of alkyl halides is 1. The minimum atomic E-state index is -0.583. The molecule has 0 saturated heterocycles. The van der Waals surface area contributed by atoms with Crippen LogP contribution < -0.4 is 10.6 Å². The van der Waals surface area contributed by atoms with Crippen molar-refractivity contribution in [1.29, 1.82) is 0 Å². The zero-order chi connectivity index (χ0) is 13.5. The molecule has 0 unspecified atom stereocenters. The Morgan fingerprint density at radius 1 is 1.39 bits per heavy atom. The monoisotopic (exact) mass is 272 g/mol. The molecule has 2 N–H and O–H groups in total. The van der Waals surface area contributed by atoms with Crippen molar-refractivity contribution in [2.75, 3.05) is 12.4 Å². The van der Waals surface area contributed by atoms with Gasteiger partial charge < -0.3 is 5.32 Å². The predicted octanol–water partition coefficient (Wildman–Crippen LogP) is 1.74. The molecule has 0 aliphatic carbocycles. The van der Waals surface area contributed by atoms with E-state index in [1.165, 1.54) is 12.1 Å². The summed E-state index contributed by atoms with van der Waals surface area (Å²) in [5.41, 5.74) is 1.77. The predicted molar refractivity (Wildman–Crippen MR) is 67.1 cm³/mol. The minimum absolute atomic E-state index is 0.259. The Balaban J connectivity index is 2.37.